The zero-order valence-corrected chi connectivity index (χ0v) is 12.8. The zero-order valence-electron chi connectivity index (χ0n) is 12.0. The molecule has 1 fully saturated rings. The van der Waals surface area contributed by atoms with Gasteiger partial charge in [-0.3, -0.25) is 9.59 Å². The van der Waals surface area contributed by atoms with E-state index in [1.807, 2.05) is 0 Å². The lowest BCUT2D eigenvalue weighted by Gasteiger charge is -2.21. The molecule has 2 amide bonds. The number of hydrogen-bond donors (Lipinski definition) is 2. The first-order valence-electron chi connectivity index (χ1n) is 6.54. The van der Waals surface area contributed by atoms with E-state index in [-0.39, 0.29) is 23.5 Å². The van der Waals surface area contributed by atoms with Crippen molar-refractivity contribution < 1.29 is 19.1 Å². The summed E-state index contributed by atoms with van der Waals surface area (Å²) in [6, 6.07) is 5.13. The Bertz CT molecular complexity index is 513. The van der Waals surface area contributed by atoms with E-state index in [0.717, 1.165) is 5.75 Å². The molecule has 0 bridgehead atoms. The molecular formula is C14H18N2O4S. The molecule has 6 nitrogen and oxygen atoms in total. The van der Waals surface area contributed by atoms with Gasteiger partial charge in [0.15, 0.2) is 0 Å². The topological polar surface area (TPSA) is 76.7 Å². The van der Waals surface area contributed by atoms with E-state index in [9.17, 15) is 9.59 Å². The lowest BCUT2D eigenvalue weighted by molar-refractivity contribution is -0.123. The first-order chi connectivity index (χ1) is 10.1. The number of amides is 2. The van der Waals surface area contributed by atoms with E-state index < -0.39 is 0 Å². The highest BCUT2D eigenvalue weighted by atomic mass is 32.2. The molecule has 1 aliphatic rings. The molecule has 0 spiro atoms. The molecule has 114 valence electrons. The van der Waals surface area contributed by atoms with Crippen LogP contribution in [0.1, 0.15) is 6.42 Å². The third kappa shape index (κ3) is 4.29. The number of carbonyl (C=O) groups is 2. The third-order valence-electron chi connectivity index (χ3n) is 3.02. The molecule has 0 saturated carbocycles. The van der Waals surface area contributed by atoms with Crippen molar-refractivity contribution in [2.75, 3.05) is 31.8 Å². The standard InChI is InChI=1S/C14H18N2O4S/c1-19-10-5-9(6-11(7-10)20-2)16-13(17)8-12-14(18)15-3-4-21-12/h5-7,12H,3-4,8H2,1-2H3,(H,15,18)(H,16,17). The van der Waals surface area contributed by atoms with Gasteiger partial charge in [0.05, 0.1) is 19.5 Å². The molecule has 1 aliphatic heterocycles. The SMILES string of the molecule is COc1cc(NC(=O)CC2SCCNC2=O)cc(OC)c1. The highest BCUT2D eigenvalue weighted by Crippen LogP contribution is 2.26. The number of hydrogen-bond acceptors (Lipinski definition) is 5. The number of anilines is 1. The Morgan fingerprint density at radius 3 is 2.57 bits per heavy atom. The van der Waals surface area contributed by atoms with Crippen LogP contribution in [0.25, 0.3) is 0 Å². The van der Waals surface area contributed by atoms with Crippen molar-refractivity contribution >= 4 is 29.3 Å². The fourth-order valence-corrected chi connectivity index (χ4v) is 2.98. The summed E-state index contributed by atoms with van der Waals surface area (Å²) < 4.78 is 10.3. The molecule has 1 heterocycles. The van der Waals surface area contributed by atoms with Gasteiger partial charge >= 0.3 is 0 Å². The summed E-state index contributed by atoms with van der Waals surface area (Å²) in [7, 11) is 3.09. The first-order valence-corrected chi connectivity index (χ1v) is 7.59. The zero-order chi connectivity index (χ0) is 15.2. The van der Waals surface area contributed by atoms with Crippen LogP contribution in [-0.4, -0.2) is 43.6 Å². The van der Waals surface area contributed by atoms with Crippen LogP contribution in [0.2, 0.25) is 0 Å². The van der Waals surface area contributed by atoms with Gasteiger partial charge in [0.2, 0.25) is 11.8 Å². The number of benzene rings is 1. The van der Waals surface area contributed by atoms with Crippen molar-refractivity contribution in [3.63, 3.8) is 0 Å². The van der Waals surface area contributed by atoms with Crippen molar-refractivity contribution in [3.8, 4) is 11.5 Å². The fourth-order valence-electron chi connectivity index (χ4n) is 1.98. The van der Waals surface area contributed by atoms with E-state index in [1.165, 1.54) is 11.8 Å². The molecule has 2 rings (SSSR count). The smallest absolute Gasteiger partial charge is 0.233 e. The maximum absolute atomic E-state index is 12.0. The van der Waals surface area contributed by atoms with E-state index in [4.69, 9.17) is 9.47 Å². The summed E-state index contributed by atoms with van der Waals surface area (Å²) in [4.78, 5) is 23.7. The lowest BCUT2D eigenvalue weighted by atomic mass is 10.2. The van der Waals surface area contributed by atoms with Crippen LogP contribution < -0.4 is 20.1 Å². The van der Waals surface area contributed by atoms with E-state index in [0.29, 0.717) is 23.7 Å². The second kappa shape index (κ2) is 7.21. The minimum absolute atomic E-state index is 0.0791. The highest BCUT2D eigenvalue weighted by Gasteiger charge is 2.25. The summed E-state index contributed by atoms with van der Waals surface area (Å²) in [6.45, 7) is 0.661. The third-order valence-corrected chi connectivity index (χ3v) is 4.24. The van der Waals surface area contributed by atoms with E-state index in [2.05, 4.69) is 10.6 Å². The average molecular weight is 310 g/mol. The van der Waals surface area contributed by atoms with Crippen LogP contribution in [0.3, 0.4) is 0 Å². The number of ether oxygens (including phenoxy) is 2. The predicted molar refractivity (Wildman–Crippen MR) is 82.0 cm³/mol. The number of nitrogens with one attached hydrogen (secondary N) is 2. The van der Waals surface area contributed by atoms with Crippen molar-refractivity contribution in [2.45, 2.75) is 11.7 Å². The molecular weight excluding hydrogens is 292 g/mol. The van der Waals surface area contributed by atoms with Crippen LogP contribution in [0.15, 0.2) is 18.2 Å². The molecule has 0 aromatic heterocycles. The van der Waals surface area contributed by atoms with Crippen molar-refractivity contribution in [2.24, 2.45) is 0 Å². The Hall–Kier alpha value is -1.89. The van der Waals surface area contributed by atoms with Gasteiger partial charge in [0.1, 0.15) is 11.5 Å². The Balaban J connectivity index is 2.00. The van der Waals surface area contributed by atoms with Gasteiger partial charge in [-0.05, 0) is 0 Å². The van der Waals surface area contributed by atoms with Gasteiger partial charge in [-0.1, -0.05) is 0 Å². The second-order valence-electron chi connectivity index (χ2n) is 4.50. The van der Waals surface area contributed by atoms with Crippen LogP contribution in [-0.2, 0) is 9.59 Å². The van der Waals surface area contributed by atoms with Gasteiger partial charge in [-0.25, -0.2) is 0 Å². The molecule has 1 aromatic rings. The first kappa shape index (κ1) is 15.5. The van der Waals surface area contributed by atoms with Gasteiger partial charge in [0.25, 0.3) is 0 Å². The Morgan fingerprint density at radius 1 is 1.33 bits per heavy atom. The Kier molecular flexibility index (Phi) is 5.32. The van der Waals surface area contributed by atoms with E-state index >= 15 is 0 Å². The normalized spacial score (nSPS) is 17.8. The van der Waals surface area contributed by atoms with Crippen LogP contribution >= 0.6 is 11.8 Å². The van der Waals surface area contributed by atoms with E-state index in [1.54, 1.807) is 32.4 Å². The summed E-state index contributed by atoms with van der Waals surface area (Å²) in [6.07, 6.45) is 0.149. The molecule has 0 radical (unpaired) electrons. The maximum atomic E-state index is 12.0. The predicted octanol–water partition coefficient (Wildman–Crippen LogP) is 1.26. The Labute approximate surface area is 127 Å². The fraction of sp³-hybridized carbons (Fsp3) is 0.429. The van der Waals surface area contributed by atoms with Gasteiger partial charge in [0, 0.05) is 42.6 Å². The summed E-state index contributed by atoms with van der Waals surface area (Å²) in [5.74, 6) is 1.73. The minimum Gasteiger partial charge on any atom is -0.497 e. The molecule has 1 unspecified atom stereocenters. The molecule has 21 heavy (non-hydrogen) atoms. The quantitative estimate of drug-likeness (QED) is 0.856. The van der Waals surface area contributed by atoms with Crippen LogP contribution in [0.4, 0.5) is 5.69 Å². The number of carbonyl (C=O) groups excluding carboxylic acids is 2. The highest BCUT2D eigenvalue weighted by molar-refractivity contribution is 8.00. The molecule has 0 aliphatic carbocycles. The lowest BCUT2D eigenvalue weighted by Crippen LogP contribution is -2.40. The molecule has 1 atom stereocenters. The summed E-state index contributed by atoms with van der Waals surface area (Å²) in [5, 5.41) is 5.20. The monoisotopic (exact) mass is 310 g/mol. The largest absolute Gasteiger partial charge is 0.497 e. The van der Waals surface area contributed by atoms with Gasteiger partial charge < -0.3 is 20.1 Å². The molecule has 1 aromatic carbocycles. The Morgan fingerprint density at radius 2 is 2.00 bits per heavy atom. The van der Waals surface area contributed by atoms with Crippen LogP contribution in [0.5, 0.6) is 11.5 Å². The molecule has 7 heteroatoms. The summed E-state index contributed by atoms with van der Waals surface area (Å²) in [5.41, 5.74) is 0.581. The van der Waals surface area contributed by atoms with Crippen LogP contribution in [0, 0.1) is 0 Å². The number of thioether (sulfide) groups is 1. The van der Waals surface area contributed by atoms with Crippen molar-refractivity contribution in [3.05, 3.63) is 18.2 Å². The molecule has 2 N–H and O–H groups in total. The van der Waals surface area contributed by atoms with Crippen molar-refractivity contribution in [1.82, 2.24) is 5.32 Å². The molecule has 1 saturated heterocycles. The average Bonchev–Trinajstić information content (AvgIpc) is 2.49. The van der Waals surface area contributed by atoms with Crippen molar-refractivity contribution in [1.29, 1.82) is 0 Å². The number of methoxy groups -OCH3 is 2. The van der Waals surface area contributed by atoms with Gasteiger partial charge in [-0.2, -0.15) is 0 Å². The minimum atomic E-state index is -0.328. The number of rotatable bonds is 5. The second-order valence-corrected chi connectivity index (χ2v) is 5.81. The van der Waals surface area contributed by atoms with Gasteiger partial charge in [-0.15, -0.1) is 11.8 Å². The maximum Gasteiger partial charge on any atom is 0.233 e. The summed E-state index contributed by atoms with van der Waals surface area (Å²) >= 11 is 1.50.